The van der Waals surface area contributed by atoms with Crippen LogP contribution in [0.3, 0.4) is 0 Å². The lowest BCUT2D eigenvalue weighted by Gasteiger charge is -2.07. The average Bonchev–Trinajstić information content (AvgIpc) is 3.27. The molecular weight excluding hydrogens is 366 g/mol. The summed E-state index contributed by atoms with van der Waals surface area (Å²) in [4.78, 5) is 28.8. The molecule has 0 spiro atoms. The van der Waals surface area contributed by atoms with Crippen molar-refractivity contribution in [3.05, 3.63) is 71.2 Å². The topological polar surface area (TPSA) is 108 Å². The molecule has 1 amide bonds. The van der Waals surface area contributed by atoms with Crippen molar-refractivity contribution in [3.8, 4) is 11.3 Å². The zero-order valence-corrected chi connectivity index (χ0v) is 16.2. The van der Waals surface area contributed by atoms with Gasteiger partial charge in [0.05, 0.1) is 17.5 Å². The second-order valence-electron chi connectivity index (χ2n) is 6.56. The van der Waals surface area contributed by atoms with E-state index < -0.39 is 0 Å². The quantitative estimate of drug-likeness (QED) is 0.562. The van der Waals surface area contributed by atoms with E-state index in [0.717, 1.165) is 34.8 Å². The van der Waals surface area contributed by atoms with Gasteiger partial charge in [0.15, 0.2) is 0 Å². The van der Waals surface area contributed by atoms with Gasteiger partial charge in [-0.15, -0.1) is 0 Å². The molecule has 0 saturated heterocycles. The second kappa shape index (κ2) is 8.15. The van der Waals surface area contributed by atoms with Gasteiger partial charge in [-0.05, 0) is 37.2 Å². The summed E-state index contributed by atoms with van der Waals surface area (Å²) < 4.78 is 0. The highest BCUT2D eigenvalue weighted by atomic mass is 16.2. The molecule has 8 nitrogen and oxygen atoms in total. The molecule has 4 heterocycles. The summed E-state index contributed by atoms with van der Waals surface area (Å²) in [5.41, 5.74) is 8.71. The number of nitrogens with one attached hydrogen (secondary N) is 3. The van der Waals surface area contributed by atoms with Crippen LogP contribution in [0.5, 0.6) is 0 Å². The van der Waals surface area contributed by atoms with Crippen LogP contribution < -0.4 is 10.7 Å². The van der Waals surface area contributed by atoms with Gasteiger partial charge in [-0.1, -0.05) is 13.0 Å². The monoisotopic (exact) mass is 387 g/mol. The highest BCUT2D eigenvalue weighted by molar-refractivity contribution is 6.32. The number of aromatic amines is 1. The number of H-pyrrole nitrogens is 1. The Bertz CT molecular complexity index is 1080. The number of aromatic nitrogens is 4. The Morgan fingerprint density at radius 1 is 1.14 bits per heavy atom. The minimum Gasteiger partial charge on any atom is -0.358 e. The number of rotatable bonds is 6. The molecule has 3 N–H and O–H groups in total. The van der Waals surface area contributed by atoms with E-state index in [1.54, 1.807) is 24.8 Å². The van der Waals surface area contributed by atoms with Crippen LogP contribution in [0.15, 0.2) is 53.7 Å². The maximum Gasteiger partial charge on any atom is 0.273 e. The number of hydrazone groups is 1. The maximum atomic E-state index is 12.5. The molecule has 4 rings (SSSR count). The lowest BCUT2D eigenvalue weighted by atomic mass is 10.0. The van der Waals surface area contributed by atoms with E-state index in [1.165, 1.54) is 0 Å². The second-order valence-corrected chi connectivity index (χ2v) is 6.56. The number of amides is 1. The predicted octanol–water partition coefficient (Wildman–Crippen LogP) is 2.20. The van der Waals surface area contributed by atoms with Crippen LogP contribution in [-0.4, -0.2) is 38.1 Å². The van der Waals surface area contributed by atoms with Crippen LogP contribution in [0, 0.1) is 6.92 Å². The number of hydrogen-bond acceptors (Lipinski definition) is 6. The summed E-state index contributed by atoms with van der Waals surface area (Å²) in [6.07, 6.45) is 8.31. The minimum absolute atomic E-state index is 0.280. The molecule has 0 saturated carbocycles. The van der Waals surface area contributed by atoms with Crippen LogP contribution in [-0.2, 0) is 11.3 Å². The van der Waals surface area contributed by atoms with Crippen LogP contribution >= 0.6 is 0 Å². The third-order valence-electron chi connectivity index (χ3n) is 4.68. The fourth-order valence-electron chi connectivity index (χ4n) is 3.30. The Morgan fingerprint density at radius 2 is 2.00 bits per heavy atom. The average molecular weight is 387 g/mol. The molecule has 0 atom stereocenters. The smallest absolute Gasteiger partial charge is 0.273 e. The molecule has 0 unspecified atom stereocenters. The van der Waals surface area contributed by atoms with E-state index in [-0.39, 0.29) is 5.91 Å². The summed E-state index contributed by atoms with van der Waals surface area (Å²) >= 11 is 0. The van der Waals surface area contributed by atoms with Gasteiger partial charge in [0, 0.05) is 42.1 Å². The Balaban J connectivity index is 1.84. The lowest BCUT2D eigenvalue weighted by molar-refractivity contribution is -0.116. The van der Waals surface area contributed by atoms with Crippen LogP contribution in [0.25, 0.3) is 17.3 Å². The fraction of sp³-hybridized carbons (Fsp3) is 0.190. The van der Waals surface area contributed by atoms with Gasteiger partial charge in [0.25, 0.3) is 5.91 Å². The Labute approximate surface area is 168 Å². The molecule has 0 fully saturated rings. The third-order valence-corrected chi connectivity index (χ3v) is 4.68. The standard InChI is InChI=1S/C21H21N7O/c1-3-22-11-15-13(2)26-17(19(15)16-6-4-5-7-24-16)10-14-20(27-28-21(14)29)18-12-23-8-9-25-18/h4-10,12,22,26H,3,11H2,1-2H3,(H,28,29). The number of aryl methyl sites for hydroxylation is 1. The fourth-order valence-corrected chi connectivity index (χ4v) is 3.30. The molecule has 0 aromatic carbocycles. The summed E-state index contributed by atoms with van der Waals surface area (Å²) in [5, 5.41) is 7.53. The van der Waals surface area contributed by atoms with E-state index in [4.69, 9.17) is 0 Å². The van der Waals surface area contributed by atoms with Gasteiger partial charge in [-0.2, -0.15) is 5.10 Å². The lowest BCUT2D eigenvalue weighted by Crippen LogP contribution is -2.14. The zero-order chi connectivity index (χ0) is 20.2. The summed E-state index contributed by atoms with van der Waals surface area (Å²) in [7, 11) is 0. The summed E-state index contributed by atoms with van der Waals surface area (Å²) in [5.74, 6) is -0.280. The molecule has 0 bridgehead atoms. The van der Waals surface area contributed by atoms with Gasteiger partial charge in [0.1, 0.15) is 11.4 Å². The van der Waals surface area contributed by atoms with Crippen LogP contribution in [0.1, 0.15) is 29.6 Å². The number of carbonyl (C=O) groups is 1. The predicted molar refractivity (Wildman–Crippen MR) is 111 cm³/mol. The third kappa shape index (κ3) is 3.70. The van der Waals surface area contributed by atoms with Crippen molar-refractivity contribution in [3.63, 3.8) is 0 Å². The normalized spacial score (nSPS) is 14.9. The van der Waals surface area contributed by atoms with Gasteiger partial charge >= 0.3 is 0 Å². The van der Waals surface area contributed by atoms with Gasteiger partial charge in [-0.3, -0.25) is 19.7 Å². The van der Waals surface area contributed by atoms with Crippen molar-refractivity contribution in [2.24, 2.45) is 5.10 Å². The first-order valence-corrected chi connectivity index (χ1v) is 9.39. The van der Waals surface area contributed by atoms with Crippen molar-refractivity contribution in [2.45, 2.75) is 20.4 Å². The zero-order valence-electron chi connectivity index (χ0n) is 16.2. The van der Waals surface area contributed by atoms with Crippen LogP contribution in [0.4, 0.5) is 0 Å². The number of carbonyl (C=O) groups excluding carboxylic acids is 1. The SMILES string of the molecule is CCNCc1c(C)[nH]c(C=C2C(=O)NN=C2c2cnccn2)c1-c1ccccn1. The Morgan fingerprint density at radius 3 is 2.72 bits per heavy atom. The largest absolute Gasteiger partial charge is 0.358 e. The highest BCUT2D eigenvalue weighted by Gasteiger charge is 2.26. The Kier molecular flexibility index (Phi) is 5.26. The van der Waals surface area contributed by atoms with Gasteiger partial charge in [-0.25, -0.2) is 5.43 Å². The van der Waals surface area contributed by atoms with Crippen molar-refractivity contribution in [1.29, 1.82) is 0 Å². The Hall–Kier alpha value is -3.65. The minimum atomic E-state index is -0.280. The molecular formula is C21H21N7O. The molecule has 3 aromatic rings. The van der Waals surface area contributed by atoms with Crippen molar-refractivity contribution in [1.82, 2.24) is 30.7 Å². The first-order valence-electron chi connectivity index (χ1n) is 9.39. The molecule has 29 heavy (non-hydrogen) atoms. The molecule has 3 aromatic heterocycles. The van der Waals surface area contributed by atoms with E-state index in [2.05, 4.69) is 42.7 Å². The van der Waals surface area contributed by atoms with Crippen molar-refractivity contribution >= 4 is 17.7 Å². The van der Waals surface area contributed by atoms with Gasteiger partial charge < -0.3 is 10.3 Å². The molecule has 1 aliphatic heterocycles. The highest BCUT2D eigenvalue weighted by Crippen LogP contribution is 2.31. The molecule has 8 heteroatoms. The number of nitrogens with zero attached hydrogens (tertiary/aromatic N) is 4. The van der Waals surface area contributed by atoms with Crippen LogP contribution in [0.2, 0.25) is 0 Å². The summed E-state index contributed by atoms with van der Waals surface area (Å²) in [6, 6.07) is 5.80. The van der Waals surface area contributed by atoms with E-state index in [1.807, 2.05) is 31.2 Å². The first-order chi connectivity index (χ1) is 14.2. The first kappa shape index (κ1) is 18.7. The molecule has 0 radical (unpaired) electrons. The molecule has 1 aliphatic rings. The van der Waals surface area contributed by atoms with Crippen molar-refractivity contribution in [2.75, 3.05) is 6.54 Å². The maximum absolute atomic E-state index is 12.5. The number of hydrogen-bond donors (Lipinski definition) is 3. The van der Waals surface area contributed by atoms with E-state index >= 15 is 0 Å². The summed E-state index contributed by atoms with van der Waals surface area (Å²) in [6.45, 7) is 5.64. The van der Waals surface area contributed by atoms with Crippen molar-refractivity contribution < 1.29 is 4.79 Å². The van der Waals surface area contributed by atoms with E-state index in [0.29, 0.717) is 23.5 Å². The number of pyridine rings is 1. The van der Waals surface area contributed by atoms with E-state index in [9.17, 15) is 4.79 Å². The molecule has 146 valence electrons. The van der Waals surface area contributed by atoms with Gasteiger partial charge in [0.2, 0.25) is 0 Å². The molecule has 0 aliphatic carbocycles.